The molecule has 0 spiro atoms. The Morgan fingerprint density at radius 2 is 2.26 bits per heavy atom. The summed E-state index contributed by atoms with van der Waals surface area (Å²) in [6.07, 6.45) is 3.12. The summed E-state index contributed by atoms with van der Waals surface area (Å²) in [5.74, 6) is -1.04. The molecule has 6 nitrogen and oxygen atoms in total. The lowest BCUT2D eigenvalue weighted by molar-refractivity contribution is 0.0698. The SMILES string of the molecule is Cc1cc(NCc2ccncn2)cc(C(=O)O)c1N. The molecule has 2 aromatic rings. The second-order valence-electron chi connectivity index (χ2n) is 4.11. The molecule has 0 saturated carbocycles. The van der Waals surface area contributed by atoms with Gasteiger partial charge in [-0.15, -0.1) is 0 Å². The third-order valence-corrected chi connectivity index (χ3v) is 2.73. The van der Waals surface area contributed by atoms with Crippen molar-refractivity contribution in [1.29, 1.82) is 0 Å². The van der Waals surface area contributed by atoms with Crippen LogP contribution < -0.4 is 11.1 Å². The number of aromatic carboxylic acids is 1. The van der Waals surface area contributed by atoms with Crippen LogP contribution in [0.3, 0.4) is 0 Å². The molecular formula is C13H14N4O2. The number of nitrogens with two attached hydrogens (primary N) is 1. The second-order valence-corrected chi connectivity index (χ2v) is 4.11. The Labute approximate surface area is 110 Å². The Morgan fingerprint density at radius 1 is 1.47 bits per heavy atom. The number of nitrogens with one attached hydrogen (secondary N) is 1. The number of hydrogen-bond donors (Lipinski definition) is 3. The van der Waals surface area contributed by atoms with Crippen LogP contribution in [-0.4, -0.2) is 21.0 Å². The van der Waals surface area contributed by atoms with Crippen molar-refractivity contribution in [1.82, 2.24) is 9.97 Å². The summed E-state index contributed by atoms with van der Waals surface area (Å²) in [6, 6.07) is 5.12. The van der Waals surface area contributed by atoms with Crippen LogP contribution in [0.25, 0.3) is 0 Å². The molecule has 0 aliphatic rings. The molecule has 98 valence electrons. The van der Waals surface area contributed by atoms with Crippen molar-refractivity contribution in [2.75, 3.05) is 11.1 Å². The molecule has 19 heavy (non-hydrogen) atoms. The monoisotopic (exact) mass is 258 g/mol. The number of carboxylic acid groups (broad SMARTS) is 1. The molecular weight excluding hydrogens is 244 g/mol. The fraction of sp³-hybridized carbons (Fsp3) is 0.154. The van der Waals surface area contributed by atoms with E-state index in [2.05, 4.69) is 15.3 Å². The van der Waals surface area contributed by atoms with Crippen molar-refractivity contribution in [3.63, 3.8) is 0 Å². The van der Waals surface area contributed by atoms with Crippen LogP contribution in [0.2, 0.25) is 0 Å². The number of benzene rings is 1. The van der Waals surface area contributed by atoms with Crippen LogP contribution in [0.15, 0.2) is 30.7 Å². The van der Waals surface area contributed by atoms with E-state index in [0.29, 0.717) is 17.9 Å². The standard InChI is InChI=1S/C13H14N4O2/c1-8-4-10(5-11(12(8)14)13(18)19)16-6-9-2-3-15-7-17-9/h2-5,7,16H,6,14H2,1H3,(H,18,19). The van der Waals surface area contributed by atoms with Crippen molar-refractivity contribution >= 4 is 17.3 Å². The second kappa shape index (κ2) is 5.34. The summed E-state index contributed by atoms with van der Waals surface area (Å²) in [6.45, 7) is 2.27. The fourth-order valence-corrected chi connectivity index (χ4v) is 1.69. The van der Waals surface area contributed by atoms with Crippen LogP contribution in [0, 0.1) is 6.92 Å². The molecule has 0 saturated heterocycles. The summed E-state index contributed by atoms with van der Waals surface area (Å²) < 4.78 is 0. The largest absolute Gasteiger partial charge is 0.478 e. The van der Waals surface area contributed by atoms with Gasteiger partial charge in [0.1, 0.15) is 6.33 Å². The molecule has 6 heteroatoms. The average molecular weight is 258 g/mol. The van der Waals surface area contributed by atoms with Crippen LogP contribution in [0.4, 0.5) is 11.4 Å². The Morgan fingerprint density at radius 3 is 2.89 bits per heavy atom. The number of nitrogen functional groups attached to an aromatic ring is 1. The zero-order valence-electron chi connectivity index (χ0n) is 10.4. The summed E-state index contributed by atoms with van der Waals surface area (Å²) in [4.78, 5) is 19.0. The highest BCUT2D eigenvalue weighted by molar-refractivity contribution is 5.95. The van der Waals surface area contributed by atoms with Crippen molar-refractivity contribution in [3.05, 3.63) is 47.5 Å². The number of carboxylic acids is 1. The van der Waals surface area contributed by atoms with E-state index in [1.54, 1.807) is 19.2 Å². The first-order valence-electron chi connectivity index (χ1n) is 5.70. The Bertz CT molecular complexity index is 599. The van der Waals surface area contributed by atoms with Gasteiger partial charge in [0.05, 0.1) is 17.8 Å². The number of aromatic nitrogens is 2. The van der Waals surface area contributed by atoms with E-state index < -0.39 is 5.97 Å². The minimum absolute atomic E-state index is 0.102. The van der Waals surface area contributed by atoms with Gasteiger partial charge < -0.3 is 16.2 Å². The van der Waals surface area contributed by atoms with Gasteiger partial charge in [-0.05, 0) is 30.7 Å². The first kappa shape index (κ1) is 12.8. The predicted octanol–water partition coefficient (Wildman–Crippen LogP) is 1.68. The minimum Gasteiger partial charge on any atom is -0.478 e. The molecule has 0 bridgehead atoms. The van der Waals surface area contributed by atoms with E-state index in [-0.39, 0.29) is 5.56 Å². The quantitative estimate of drug-likeness (QED) is 0.721. The number of aryl methyl sites for hydroxylation is 1. The minimum atomic E-state index is -1.04. The first-order valence-corrected chi connectivity index (χ1v) is 5.70. The van der Waals surface area contributed by atoms with E-state index in [1.807, 2.05) is 6.07 Å². The number of rotatable bonds is 4. The van der Waals surface area contributed by atoms with Gasteiger partial charge in [0, 0.05) is 17.6 Å². The van der Waals surface area contributed by atoms with Gasteiger partial charge in [-0.3, -0.25) is 0 Å². The summed E-state index contributed by atoms with van der Waals surface area (Å²) in [7, 11) is 0. The van der Waals surface area contributed by atoms with Crippen LogP contribution in [0.1, 0.15) is 21.6 Å². The number of nitrogens with zero attached hydrogens (tertiary/aromatic N) is 2. The van der Waals surface area contributed by atoms with Crippen LogP contribution >= 0.6 is 0 Å². The third-order valence-electron chi connectivity index (χ3n) is 2.73. The Kier molecular flexibility index (Phi) is 3.61. The van der Waals surface area contributed by atoms with Gasteiger partial charge in [0.25, 0.3) is 0 Å². The van der Waals surface area contributed by atoms with E-state index >= 15 is 0 Å². The van der Waals surface area contributed by atoms with Crippen molar-refractivity contribution in [2.24, 2.45) is 0 Å². The lowest BCUT2D eigenvalue weighted by atomic mass is 10.1. The van der Waals surface area contributed by atoms with Crippen molar-refractivity contribution < 1.29 is 9.90 Å². The lowest BCUT2D eigenvalue weighted by Crippen LogP contribution is -2.07. The molecule has 1 heterocycles. The molecule has 4 N–H and O–H groups in total. The predicted molar refractivity (Wildman–Crippen MR) is 71.9 cm³/mol. The number of carbonyl (C=O) groups is 1. The molecule has 1 aromatic carbocycles. The molecule has 0 atom stereocenters. The van der Waals surface area contributed by atoms with E-state index in [0.717, 1.165) is 11.3 Å². The highest BCUT2D eigenvalue weighted by Crippen LogP contribution is 2.23. The third kappa shape index (κ3) is 2.98. The molecule has 0 fully saturated rings. The zero-order chi connectivity index (χ0) is 13.8. The van der Waals surface area contributed by atoms with Crippen LogP contribution in [0.5, 0.6) is 0 Å². The molecule has 0 amide bonds. The van der Waals surface area contributed by atoms with Gasteiger partial charge in [-0.2, -0.15) is 0 Å². The molecule has 0 aliphatic carbocycles. The molecule has 1 aromatic heterocycles. The van der Waals surface area contributed by atoms with Gasteiger partial charge >= 0.3 is 5.97 Å². The lowest BCUT2D eigenvalue weighted by Gasteiger charge is -2.11. The van der Waals surface area contributed by atoms with Gasteiger partial charge in [-0.1, -0.05) is 0 Å². The maximum absolute atomic E-state index is 11.1. The van der Waals surface area contributed by atoms with E-state index in [1.165, 1.54) is 12.4 Å². The summed E-state index contributed by atoms with van der Waals surface area (Å²) in [5, 5.41) is 12.2. The van der Waals surface area contributed by atoms with Crippen molar-refractivity contribution in [3.8, 4) is 0 Å². The van der Waals surface area contributed by atoms with E-state index in [9.17, 15) is 4.79 Å². The average Bonchev–Trinajstić information content (AvgIpc) is 2.41. The Balaban J connectivity index is 2.19. The highest BCUT2D eigenvalue weighted by Gasteiger charge is 2.11. The maximum atomic E-state index is 11.1. The molecule has 0 aliphatic heterocycles. The van der Waals surface area contributed by atoms with Crippen LogP contribution in [-0.2, 0) is 6.54 Å². The topological polar surface area (TPSA) is 101 Å². The zero-order valence-corrected chi connectivity index (χ0v) is 10.4. The first-order chi connectivity index (χ1) is 9.08. The van der Waals surface area contributed by atoms with Gasteiger partial charge in [0.15, 0.2) is 0 Å². The normalized spacial score (nSPS) is 10.2. The highest BCUT2D eigenvalue weighted by atomic mass is 16.4. The number of hydrogen-bond acceptors (Lipinski definition) is 5. The van der Waals surface area contributed by atoms with E-state index in [4.69, 9.17) is 10.8 Å². The number of anilines is 2. The summed E-state index contributed by atoms with van der Waals surface area (Å²) in [5.41, 5.74) is 8.37. The smallest absolute Gasteiger partial charge is 0.337 e. The maximum Gasteiger partial charge on any atom is 0.337 e. The molecule has 2 rings (SSSR count). The molecule has 0 radical (unpaired) electrons. The molecule has 0 unspecified atom stereocenters. The van der Waals surface area contributed by atoms with Crippen molar-refractivity contribution in [2.45, 2.75) is 13.5 Å². The summed E-state index contributed by atoms with van der Waals surface area (Å²) >= 11 is 0. The van der Waals surface area contributed by atoms with Gasteiger partial charge in [0.2, 0.25) is 0 Å². The Hall–Kier alpha value is -2.63. The van der Waals surface area contributed by atoms with Gasteiger partial charge in [-0.25, -0.2) is 14.8 Å². The fourth-order valence-electron chi connectivity index (χ4n) is 1.69.